The molecule has 0 aliphatic rings. The maximum atomic E-state index is 10.8. The van der Waals surface area contributed by atoms with E-state index in [1.165, 1.54) is 103 Å². The molecule has 2 nitrogen and oxygen atoms in total. The summed E-state index contributed by atoms with van der Waals surface area (Å²) in [4.78, 5) is 10.8. The van der Waals surface area contributed by atoms with Gasteiger partial charge in [0, 0.05) is 6.08 Å². The van der Waals surface area contributed by atoms with Gasteiger partial charge in [-0.2, -0.15) is 0 Å². The Morgan fingerprint density at radius 2 is 1.22 bits per heavy atom. The van der Waals surface area contributed by atoms with Gasteiger partial charge in [0.25, 0.3) is 0 Å². The molecule has 0 amide bonds. The number of hydrogen-bond donors (Lipinski definition) is 0. The highest BCUT2D eigenvalue weighted by atomic mass is 32.2. The number of rotatable bonds is 17. The summed E-state index contributed by atoms with van der Waals surface area (Å²) in [5, 5.41) is 1.84. The van der Waals surface area contributed by atoms with Crippen molar-refractivity contribution < 1.29 is 9.53 Å². The van der Waals surface area contributed by atoms with Crippen LogP contribution in [0.15, 0.2) is 11.5 Å². The number of hydrogen-bond acceptors (Lipinski definition) is 3. The Labute approximate surface area is 148 Å². The van der Waals surface area contributed by atoms with Crippen LogP contribution in [0.5, 0.6) is 0 Å². The van der Waals surface area contributed by atoms with Gasteiger partial charge in [-0.15, -0.1) is 11.8 Å². The normalized spacial score (nSPS) is 11.2. The second kappa shape index (κ2) is 19.6. The van der Waals surface area contributed by atoms with Gasteiger partial charge >= 0.3 is 5.97 Å². The number of esters is 1. The van der Waals surface area contributed by atoms with E-state index in [-0.39, 0.29) is 5.97 Å². The molecular formula is C20H38O2S. The quantitative estimate of drug-likeness (QED) is 0.163. The lowest BCUT2D eigenvalue weighted by molar-refractivity contribution is -0.134. The average molecular weight is 343 g/mol. The molecular weight excluding hydrogens is 304 g/mol. The van der Waals surface area contributed by atoms with E-state index >= 15 is 0 Å². The van der Waals surface area contributed by atoms with Crippen LogP contribution in [0.1, 0.15) is 96.8 Å². The maximum Gasteiger partial charge on any atom is 0.330 e. The van der Waals surface area contributed by atoms with E-state index in [0.717, 1.165) is 5.75 Å². The molecule has 0 aromatic rings. The van der Waals surface area contributed by atoms with Crippen molar-refractivity contribution in [2.75, 3.05) is 12.9 Å². The van der Waals surface area contributed by atoms with Crippen molar-refractivity contribution in [1.82, 2.24) is 0 Å². The van der Waals surface area contributed by atoms with E-state index in [2.05, 4.69) is 11.7 Å². The van der Waals surface area contributed by atoms with E-state index in [1.807, 2.05) is 5.41 Å². The van der Waals surface area contributed by atoms with Crippen LogP contribution in [0.3, 0.4) is 0 Å². The minimum Gasteiger partial charge on any atom is -0.466 e. The number of thioether (sulfide) groups is 1. The third-order valence-corrected chi connectivity index (χ3v) is 4.97. The summed E-state index contributed by atoms with van der Waals surface area (Å²) >= 11 is 1.70. The van der Waals surface area contributed by atoms with Crippen LogP contribution in [0.2, 0.25) is 0 Å². The van der Waals surface area contributed by atoms with Gasteiger partial charge in [-0.1, -0.05) is 90.4 Å². The first kappa shape index (κ1) is 22.6. The van der Waals surface area contributed by atoms with Gasteiger partial charge in [-0.25, -0.2) is 4.79 Å². The van der Waals surface area contributed by atoms with E-state index in [0.29, 0.717) is 0 Å². The van der Waals surface area contributed by atoms with Crippen LogP contribution in [0.25, 0.3) is 0 Å². The van der Waals surface area contributed by atoms with Crippen molar-refractivity contribution in [2.24, 2.45) is 0 Å². The third-order valence-electron chi connectivity index (χ3n) is 4.12. The molecule has 0 radical (unpaired) electrons. The molecule has 0 saturated heterocycles. The van der Waals surface area contributed by atoms with E-state index in [9.17, 15) is 4.79 Å². The second-order valence-electron chi connectivity index (χ2n) is 6.29. The lowest BCUT2D eigenvalue weighted by Crippen LogP contribution is -1.92. The average Bonchev–Trinajstić information content (AvgIpc) is 2.57. The fourth-order valence-electron chi connectivity index (χ4n) is 2.62. The predicted octanol–water partition coefficient (Wildman–Crippen LogP) is 6.89. The number of carbonyl (C=O) groups is 1. The molecule has 0 heterocycles. The Kier molecular flexibility index (Phi) is 19.2. The van der Waals surface area contributed by atoms with Crippen LogP contribution in [-0.4, -0.2) is 18.8 Å². The number of ether oxygens (including phenoxy) is 1. The minimum absolute atomic E-state index is 0.265. The molecule has 0 fully saturated rings. The van der Waals surface area contributed by atoms with Gasteiger partial charge in [0.15, 0.2) is 0 Å². The summed E-state index contributed by atoms with van der Waals surface area (Å²) in [6.07, 6.45) is 21.0. The van der Waals surface area contributed by atoms with Gasteiger partial charge in [-0.05, 0) is 17.6 Å². The van der Waals surface area contributed by atoms with Gasteiger partial charge < -0.3 is 4.74 Å². The first-order chi connectivity index (χ1) is 11.3. The van der Waals surface area contributed by atoms with E-state index < -0.39 is 0 Å². The van der Waals surface area contributed by atoms with Crippen LogP contribution >= 0.6 is 11.8 Å². The maximum absolute atomic E-state index is 10.8. The SMILES string of the molecule is CCCCCCCCCCCCCCCCS/C=C/C(=O)OC. The minimum atomic E-state index is -0.265. The first-order valence-corrected chi connectivity index (χ1v) is 10.7. The zero-order valence-electron chi connectivity index (χ0n) is 15.5. The molecule has 0 bridgehead atoms. The van der Waals surface area contributed by atoms with Gasteiger partial charge in [-0.3, -0.25) is 0 Å². The molecule has 0 aromatic carbocycles. The molecule has 3 heteroatoms. The van der Waals surface area contributed by atoms with Gasteiger partial charge in [0.05, 0.1) is 7.11 Å². The van der Waals surface area contributed by atoms with Crippen molar-refractivity contribution in [1.29, 1.82) is 0 Å². The zero-order chi connectivity index (χ0) is 17.0. The smallest absolute Gasteiger partial charge is 0.330 e. The Bertz CT molecular complexity index is 277. The van der Waals surface area contributed by atoms with Crippen molar-refractivity contribution in [3.8, 4) is 0 Å². The summed E-state index contributed by atoms with van der Waals surface area (Å²) in [7, 11) is 1.41. The van der Waals surface area contributed by atoms with Crippen molar-refractivity contribution in [3.05, 3.63) is 11.5 Å². The van der Waals surface area contributed by atoms with Crippen LogP contribution in [0.4, 0.5) is 0 Å². The topological polar surface area (TPSA) is 26.3 Å². The molecule has 0 atom stereocenters. The molecule has 136 valence electrons. The number of unbranched alkanes of at least 4 members (excludes halogenated alkanes) is 13. The summed E-state index contributed by atoms with van der Waals surface area (Å²) < 4.78 is 4.54. The first-order valence-electron chi connectivity index (χ1n) is 9.67. The Morgan fingerprint density at radius 1 is 0.783 bits per heavy atom. The Hall–Kier alpha value is -0.440. The fourth-order valence-corrected chi connectivity index (χ4v) is 3.33. The predicted molar refractivity (Wildman–Crippen MR) is 104 cm³/mol. The summed E-state index contributed by atoms with van der Waals surface area (Å²) in [6.45, 7) is 2.28. The van der Waals surface area contributed by atoms with Crippen molar-refractivity contribution >= 4 is 17.7 Å². The molecule has 0 N–H and O–H groups in total. The molecule has 0 unspecified atom stereocenters. The lowest BCUT2D eigenvalue weighted by atomic mass is 10.0. The standard InChI is InChI=1S/C20H38O2S/c1-3-4-5-6-7-8-9-10-11-12-13-14-15-16-18-23-19-17-20(21)22-2/h17,19H,3-16,18H2,1-2H3/b19-17+. The Morgan fingerprint density at radius 3 is 1.65 bits per heavy atom. The monoisotopic (exact) mass is 342 g/mol. The van der Waals surface area contributed by atoms with E-state index in [4.69, 9.17) is 0 Å². The summed E-state index contributed by atoms with van der Waals surface area (Å²) in [5.41, 5.74) is 0. The second-order valence-corrected chi connectivity index (χ2v) is 7.31. The Balaban J connectivity index is 3.05. The largest absolute Gasteiger partial charge is 0.466 e. The highest BCUT2D eigenvalue weighted by Gasteiger charge is 1.94. The molecule has 23 heavy (non-hydrogen) atoms. The molecule has 0 spiro atoms. The molecule has 0 aliphatic carbocycles. The summed E-state index contributed by atoms with van der Waals surface area (Å²) in [5.74, 6) is 0.837. The molecule has 0 rings (SSSR count). The van der Waals surface area contributed by atoms with E-state index in [1.54, 1.807) is 11.8 Å². The van der Waals surface area contributed by atoms with Gasteiger partial charge in [0.2, 0.25) is 0 Å². The van der Waals surface area contributed by atoms with Crippen LogP contribution in [0, 0.1) is 0 Å². The van der Waals surface area contributed by atoms with Crippen LogP contribution in [-0.2, 0) is 9.53 Å². The lowest BCUT2D eigenvalue weighted by Gasteiger charge is -2.03. The highest BCUT2D eigenvalue weighted by Crippen LogP contribution is 2.14. The number of carbonyl (C=O) groups excluding carboxylic acids is 1. The third kappa shape index (κ3) is 19.5. The van der Waals surface area contributed by atoms with Gasteiger partial charge in [0.1, 0.15) is 0 Å². The zero-order valence-corrected chi connectivity index (χ0v) is 16.3. The number of methoxy groups -OCH3 is 1. The molecule has 0 aromatic heterocycles. The highest BCUT2D eigenvalue weighted by molar-refractivity contribution is 8.02. The summed E-state index contributed by atoms with van der Waals surface area (Å²) in [6, 6.07) is 0. The molecule has 0 saturated carbocycles. The van der Waals surface area contributed by atoms with Crippen LogP contribution < -0.4 is 0 Å². The molecule has 0 aliphatic heterocycles. The van der Waals surface area contributed by atoms with Crippen molar-refractivity contribution in [2.45, 2.75) is 96.8 Å². The fraction of sp³-hybridized carbons (Fsp3) is 0.850. The van der Waals surface area contributed by atoms with Crippen molar-refractivity contribution in [3.63, 3.8) is 0 Å².